The van der Waals surface area contributed by atoms with Crippen molar-refractivity contribution in [3.05, 3.63) is 94.9 Å². The van der Waals surface area contributed by atoms with E-state index in [0.29, 0.717) is 34.3 Å². The summed E-state index contributed by atoms with van der Waals surface area (Å²) in [5.41, 5.74) is 1.62. The molecule has 0 saturated heterocycles. The van der Waals surface area contributed by atoms with E-state index in [1.807, 2.05) is 0 Å². The lowest BCUT2D eigenvalue weighted by atomic mass is 10.1. The Hall–Kier alpha value is -4.66. The van der Waals surface area contributed by atoms with E-state index < -0.39 is 4.92 Å². The molecule has 1 aromatic heterocycles. The summed E-state index contributed by atoms with van der Waals surface area (Å²) in [6.45, 7) is 0.189. The van der Waals surface area contributed by atoms with Crippen LogP contribution in [0.25, 0.3) is 11.3 Å². The maximum Gasteiger partial charge on any atom is 0.269 e. The second-order valence-corrected chi connectivity index (χ2v) is 6.91. The number of ether oxygens (including phenoxy) is 3. The van der Waals surface area contributed by atoms with Crippen LogP contribution in [0.4, 0.5) is 5.69 Å². The van der Waals surface area contributed by atoms with E-state index in [4.69, 9.17) is 14.2 Å². The van der Waals surface area contributed by atoms with Gasteiger partial charge in [-0.2, -0.15) is 0 Å². The van der Waals surface area contributed by atoms with Crippen LogP contribution >= 0.6 is 0 Å². The topological polar surface area (TPSA) is 117 Å². The van der Waals surface area contributed by atoms with Crippen LogP contribution in [0.15, 0.2) is 79.3 Å². The summed E-state index contributed by atoms with van der Waals surface area (Å²) in [5, 5.41) is 21.4. The summed E-state index contributed by atoms with van der Waals surface area (Å²) in [6, 6.07) is 18.0. The van der Waals surface area contributed by atoms with Crippen molar-refractivity contribution in [2.24, 2.45) is 0 Å². The largest absolute Gasteiger partial charge is 0.507 e. The molecule has 0 saturated carbocycles. The molecule has 4 aromatic rings. The monoisotopic (exact) mass is 445 g/mol. The molecule has 9 nitrogen and oxygen atoms in total. The van der Waals surface area contributed by atoms with Crippen LogP contribution in [0, 0.1) is 10.1 Å². The minimum atomic E-state index is -0.458. The molecular formula is C24H19N3O6. The maximum atomic E-state index is 10.8. The molecule has 0 aliphatic heterocycles. The third-order valence-corrected chi connectivity index (χ3v) is 4.72. The van der Waals surface area contributed by atoms with Crippen LogP contribution in [0.2, 0.25) is 0 Å². The van der Waals surface area contributed by atoms with Crippen LogP contribution in [-0.4, -0.2) is 27.1 Å². The zero-order valence-electron chi connectivity index (χ0n) is 17.5. The van der Waals surface area contributed by atoms with Gasteiger partial charge in [0.1, 0.15) is 41.6 Å². The van der Waals surface area contributed by atoms with Gasteiger partial charge in [0.05, 0.1) is 18.2 Å². The van der Waals surface area contributed by atoms with Crippen LogP contribution in [0.1, 0.15) is 5.56 Å². The summed E-state index contributed by atoms with van der Waals surface area (Å²) >= 11 is 0. The number of phenols is 1. The Labute approximate surface area is 189 Å². The molecule has 166 valence electrons. The van der Waals surface area contributed by atoms with Crippen LogP contribution in [0.3, 0.4) is 0 Å². The van der Waals surface area contributed by atoms with Gasteiger partial charge in [-0.3, -0.25) is 10.1 Å². The summed E-state index contributed by atoms with van der Waals surface area (Å²) in [6.07, 6.45) is 2.88. The average Bonchev–Trinajstić information content (AvgIpc) is 2.84. The predicted molar refractivity (Wildman–Crippen MR) is 120 cm³/mol. The molecule has 1 heterocycles. The third kappa shape index (κ3) is 5.16. The molecule has 0 atom stereocenters. The van der Waals surface area contributed by atoms with Gasteiger partial charge in [0.15, 0.2) is 5.75 Å². The number of aromatic hydroxyl groups is 1. The number of benzene rings is 3. The fourth-order valence-electron chi connectivity index (χ4n) is 3.07. The van der Waals surface area contributed by atoms with Crippen molar-refractivity contribution in [2.45, 2.75) is 6.61 Å². The van der Waals surface area contributed by atoms with Crippen LogP contribution in [-0.2, 0) is 6.61 Å². The summed E-state index contributed by atoms with van der Waals surface area (Å²) < 4.78 is 16.9. The quantitative estimate of drug-likeness (QED) is 0.293. The fourth-order valence-corrected chi connectivity index (χ4v) is 3.07. The van der Waals surface area contributed by atoms with E-state index in [-0.39, 0.29) is 18.0 Å². The number of phenolic OH excluding ortho intramolecular Hbond substituents is 1. The molecule has 0 amide bonds. The Balaban J connectivity index is 1.51. The van der Waals surface area contributed by atoms with Crippen molar-refractivity contribution in [1.29, 1.82) is 0 Å². The van der Waals surface area contributed by atoms with Gasteiger partial charge in [0.25, 0.3) is 5.69 Å². The Morgan fingerprint density at radius 1 is 1.00 bits per heavy atom. The molecular weight excluding hydrogens is 426 g/mol. The van der Waals surface area contributed by atoms with Crippen molar-refractivity contribution in [3.8, 4) is 40.0 Å². The Morgan fingerprint density at radius 2 is 1.79 bits per heavy atom. The van der Waals surface area contributed by atoms with Crippen molar-refractivity contribution >= 4 is 5.69 Å². The SMILES string of the molecule is COc1cccc(Oc2cncnc2-c2ccc(OCc3ccc([N+](=O)[O-])cc3)cc2O)c1. The number of nitrogens with zero attached hydrogens (tertiary/aromatic N) is 3. The lowest BCUT2D eigenvalue weighted by Gasteiger charge is -2.13. The van der Waals surface area contributed by atoms with Gasteiger partial charge in [0, 0.05) is 29.8 Å². The van der Waals surface area contributed by atoms with E-state index in [1.54, 1.807) is 55.6 Å². The Bertz CT molecular complexity index is 1280. The zero-order valence-corrected chi connectivity index (χ0v) is 17.5. The van der Waals surface area contributed by atoms with Gasteiger partial charge < -0.3 is 19.3 Å². The van der Waals surface area contributed by atoms with Gasteiger partial charge >= 0.3 is 0 Å². The molecule has 0 aliphatic rings. The number of non-ortho nitro benzene ring substituents is 1. The lowest BCUT2D eigenvalue weighted by molar-refractivity contribution is -0.384. The molecule has 1 N–H and O–H groups in total. The van der Waals surface area contributed by atoms with E-state index in [1.165, 1.54) is 30.7 Å². The number of hydrogen-bond acceptors (Lipinski definition) is 8. The first-order chi connectivity index (χ1) is 16.0. The maximum absolute atomic E-state index is 10.8. The first-order valence-corrected chi connectivity index (χ1v) is 9.85. The highest BCUT2D eigenvalue weighted by Gasteiger charge is 2.15. The van der Waals surface area contributed by atoms with Crippen molar-refractivity contribution < 1.29 is 24.2 Å². The van der Waals surface area contributed by atoms with E-state index >= 15 is 0 Å². The first kappa shape index (κ1) is 21.6. The number of hydrogen-bond donors (Lipinski definition) is 1. The third-order valence-electron chi connectivity index (χ3n) is 4.72. The highest BCUT2D eigenvalue weighted by molar-refractivity contribution is 5.72. The summed E-state index contributed by atoms with van der Waals surface area (Å²) in [7, 11) is 1.57. The molecule has 0 bridgehead atoms. The smallest absolute Gasteiger partial charge is 0.269 e. The van der Waals surface area contributed by atoms with Gasteiger partial charge in [-0.15, -0.1) is 0 Å². The Morgan fingerprint density at radius 3 is 2.52 bits per heavy atom. The lowest BCUT2D eigenvalue weighted by Crippen LogP contribution is -1.97. The van der Waals surface area contributed by atoms with Crippen molar-refractivity contribution in [3.63, 3.8) is 0 Å². The molecule has 0 radical (unpaired) electrons. The van der Waals surface area contributed by atoms with E-state index in [2.05, 4.69) is 9.97 Å². The number of methoxy groups -OCH3 is 1. The highest BCUT2D eigenvalue weighted by atomic mass is 16.6. The molecule has 0 spiro atoms. The zero-order chi connectivity index (χ0) is 23.2. The molecule has 3 aromatic carbocycles. The molecule has 9 heteroatoms. The normalized spacial score (nSPS) is 10.5. The minimum Gasteiger partial charge on any atom is -0.507 e. The Kier molecular flexibility index (Phi) is 6.31. The van der Waals surface area contributed by atoms with Crippen molar-refractivity contribution in [1.82, 2.24) is 9.97 Å². The van der Waals surface area contributed by atoms with Gasteiger partial charge in [-0.25, -0.2) is 9.97 Å². The molecule has 33 heavy (non-hydrogen) atoms. The van der Waals surface area contributed by atoms with E-state index in [9.17, 15) is 15.2 Å². The standard InChI is InChI=1S/C24H19N3O6/c1-31-18-3-2-4-20(11-18)33-23-13-25-15-26-24(23)21-10-9-19(12-22(21)28)32-14-16-5-7-17(8-6-16)27(29)30/h2-13,15,28H,14H2,1H3. The second kappa shape index (κ2) is 9.65. The van der Waals surface area contributed by atoms with Gasteiger partial charge in [0.2, 0.25) is 0 Å². The average molecular weight is 445 g/mol. The summed E-state index contributed by atoms with van der Waals surface area (Å²) in [5.74, 6) is 1.92. The molecule has 0 fully saturated rings. The van der Waals surface area contributed by atoms with Gasteiger partial charge in [-0.05, 0) is 42.0 Å². The molecule has 4 rings (SSSR count). The van der Waals surface area contributed by atoms with E-state index in [0.717, 1.165) is 5.56 Å². The number of aromatic nitrogens is 2. The molecule has 0 unspecified atom stereocenters. The predicted octanol–water partition coefficient (Wildman–Crippen LogP) is 5.14. The summed E-state index contributed by atoms with van der Waals surface area (Å²) in [4.78, 5) is 18.6. The molecule has 0 aliphatic carbocycles. The second-order valence-electron chi connectivity index (χ2n) is 6.91. The van der Waals surface area contributed by atoms with Gasteiger partial charge in [-0.1, -0.05) is 6.07 Å². The van der Waals surface area contributed by atoms with Crippen LogP contribution < -0.4 is 14.2 Å². The first-order valence-electron chi connectivity index (χ1n) is 9.85. The number of rotatable bonds is 8. The number of nitro groups is 1. The van der Waals surface area contributed by atoms with Crippen molar-refractivity contribution in [2.75, 3.05) is 7.11 Å². The fraction of sp³-hybridized carbons (Fsp3) is 0.0833. The highest BCUT2D eigenvalue weighted by Crippen LogP contribution is 2.38. The number of nitro benzene ring substituents is 1. The van der Waals surface area contributed by atoms with Crippen LogP contribution in [0.5, 0.6) is 28.7 Å². The minimum absolute atomic E-state index is 0.0116.